The lowest BCUT2D eigenvalue weighted by molar-refractivity contribution is 0.415. The second-order valence-electron chi connectivity index (χ2n) is 4.81. The molecule has 21 heavy (non-hydrogen) atoms. The van der Waals surface area contributed by atoms with E-state index in [0.717, 1.165) is 22.5 Å². The molecule has 0 spiro atoms. The van der Waals surface area contributed by atoms with Gasteiger partial charge in [-0.15, -0.1) is 11.6 Å². The Hall–Kier alpha value is -1.71. The second-order valence-corrected chi connectivity index (χ2v) is 5.48. The number of methoxy groups -OCH3 is 1. The maximum Gasteiger partial charge on any atom is 0.139 e. The van der Waals surface area contributed by atoms with Crippen LogP contribution in [0.5, 0.6) is 5.75 Å². The van der Waals surface area contributed by atoms with Crippen molar-refractivity contribution in [2.75, 3.05) is 7.11 Å². The van der Waals surface area contributed by atoms with E-state index in [1.54, 1.807) is 7.11 Å². The predicted molar refractivity (Wildman–Crippen MR) is 86.9 cm³/mol. The average Bonchev–Trinajstić information content (AvgIpc) is 2.85. The predicted octanol–water partition coefficient (Wildman–Crippen LogP) is 4.73. The van der Waals surface area contributed by atoms with Gasteiger partial charge in [0.05, 0.1) is 34.7 Å². The van der Waals surface area contributed by atoms with Crippen LogP contribution in [0.15, 0.2) is 36.4 Å². The average molecular weight is 321 g/mol. The van der Waals surface area contributed by atoms with Crippen molar-refractivity contribution in [3.8, 4) is 11.4 Å². The molecule has 2 aromatic carbocycles. The second kappa shape index (κ2) is 5.58. The van der Waals surface area contributed by atoms with E-state index in [4.69, 9.17) is 27.9 Å². The fourth-order valence-corrected chi connectivity index (χ4v) is 2.78. The highest BCUT2D eigenvalue weighted by Crippen LogP contribution is 2.30. The summed E-state index contributed by atoms with van der Waals surface area (Å²) in [6.45, 7) is 2.05. The minimum absolute atomic E-state index is 0.332. The Morgan fingerprint density at radius 3 is 2.71 bits per heavy atom. The van der Waals surface area contributed by atoms with Gasteiger partial charge >= 0.3 is 0 Å². The van der Waals surface area contributed by atoms with Gasteiger partial charge in [-0.2, -0.15) is 0 Å². The maximum absolute atomic E-state index is 6.09. The SMILES string of the molecule is COc1cc(-n2c(CCl)nc3cc(C)ccc32)ccc1Cl. The van der Waals surface area contributed by atoms with Gasteiger partial charge in [-0.3, -0.25) is 4.57 Å². The number of hydrogen-bond donors (Lipinski definition) is 0. The zero-order valence-electron chi connectivity index (χ0n) is 11.7. The van der Waals surface area contributed by atoms with E-state index in [2.05, 4.69) is 23.2 Å². The Morgan fingerprint density at radius 2 is 2.00 bits per heavy atom. The smallest absolute Gasteiger partial charge is 0.139 e. The number of nitrogens with zero attached hydrogens (tertiary/aromatic N) is 2. The molecule has 0 aliphatic heterocycles. The van der Waals surface area contributed by atoms with E-state index < -0.39 is 0 Å². The zero-order chi connectivity index (χ0) is 15.0. The van der Waals surface area contributed by atoms with Crippen LogP contribution in [0, 0.1) is 6.92 Å². The molecule has 1 heterocycles. The molecule has 3 rings (SSSR count). The number of ether oxygens (including phenoxy) is 1. The molecule has 0 N–H and O–H groups in total. The maximum atomic E-state index is 6.09. The first kappa shape index (κ1) is 14.2. The third-order valence-corrected chi connectivity index (χ3v) is 3.94. The van der Waals surface area contributed by atoms with Crippen LogP contribution in [-0.2, 0) is 5.88 Å². The third-order valence-electron chi connectivity index (χ3n) is 3.39. The highest BCUT2D eigenvalue weighted by atomic mass is 35.5. The molecule has 0 atom stereocenters. The van der Waals surface area contributed by atoms with E-state index >= 15 is 0 Å². The van der Waals surface area contributed by atoms with Crippen molar-refractivity contribution < 1.29 is 4.74 Å². The summed E-state index contributed by atoms with van der Waals surface area (Å²) in [5.41, 5.74) is 4.04. The van der Waals surface area contributed by atoms with Crippen molar-refractivity contribution in [2.24, 2.45) is 0 Å². The summed E-state index contributed by atoms with van der Waals surface area (Å²) in [5.74, 6) is 1.75. The van der Waals surface area contributed by atoms with Gasteiger partial charge in [-0.25, -0.2) is 4.98 Å². The number of aromatic nitrogens is 2. The fourth-order valence-electron chi connectivity index (χ4n) is 2.41. The van der Waals surface area contributed by atoms with Crippen molar-refractivity contribution >= 4 is 34.2 Å². The lowest BCUT2D eigenvalue weighted by Crippen LogP contribution is -2.00. The number of aryl methyl sites for hydroxylation is 1. The molecule has 108 valence electrons. The van der Waals surface area contributed by atoms with Crippen LogP contribution in [0.25, 0.3) is 16.7 Å². The van der Waals surface area contributed by atoms with E-state index in [1.165, 1.54) is 5.56 Å². The lowest BCUT2D eigenvalue weighted by Gasteiger charge is -2.10. The molecule has 1 aromatic heterocycles. The lowest BCUT2D eigenvalue weighted by atomic mass is 10.2. The standard InChI is InChI=1S/C16H14Cl2N2O/c1-10-3-6-14-13(7-10)19-16(9-17)20(14)11-4-5-12(18)15(8-11)21-2/h3-8H,9H2,1-2H3. The van der Waals surface area contributed by atoms with E-state index in [9.17, 15) is 0 Å². The van der Waals surface area contributed by atoms with E-state index in [0.29, 0.717) is 16.7 Å². The van der Waals surface area contributed by atoms with Gasteiger partial charge in [0.1, 0.15) is 11.6 Å². The number of alkyl halides is 1. The minimum atomic E-state index is 0.332. The molecular weight excluding hydrogens is 307 g/mol. The van der Waals surface area contributed by atoms with Crippen molar-refractivity contribution in [3.05, 3.63) is 52.8 Å². The van der Waals surface area contributed by atoms with Crippen molar-refractivity contribution in [3.63, 3.8) is 0 Å². The molecular formula is C16H14Cl2N2O. The molecule has 0 saturated heterocycles. The van der Waals surface area contributed by atoms with Crippen molar-refractivity contribution in [2.45, 2.75) is 12.8 Å². The first-order chi connectivity index (χ1) is 10.1. The van der Waals surface area contributed by atoms with Crippen LogP contribution in [0.1, 0.15) is 11.4 Å². The summed E-state index contributed by atoms with van der Waals surface area (Å²) in [7, 11) is 1.60. The summed E-state index contributed by atoms with van der Waals surface area (Å²) in [4.78, 5) is 4.60. The molecule has 3 aromatic rings. The normalized spacial score (nSPS) is 11.0. The molecule has 0 bridgehead atoms. The van der Waals surface area contributed by atoms with Gasteiger partial charge in [0.2, 0.25) is 0 Å². The summed E-state index contributed by atoms with van der Waals surface area (Å²) in [5, 5.41) is 0.578. The molecule has 0 unspecified atom stereocenters. The molecule has 0 aliphatic rings. The van der Waals surface area contributed by atoms with Gasteiger partial charge < -0.3 is 4.74 Å². The molecule has 0 aliphatic carbocycles. The Kier molecular flexibility index (Phi) is 3.79. The summed E-state index contributed by atoms with van der Waals surface area (Å²) in [6, 6.07) is 11.8. The van der Waals surface area contributed by atoms with Crippen LogP contribution >= 0.6 is 23.2 Å². The van der Waals surface area contributed by atoms with Gasteiger partial charge in [0.15, 0.2) is 0 Å². The first-order valence-electron chi connectivity index (χ1n) is 6.52. The van der Waals surface area contributed by atoms with Crippen LogP contribution < -0.4 is 4.74 Å². The Bertz CT molecular complexity index is 811. The minimum Gasteiger partial charge on any atom is -0.495 e. The highest BCUT2D eigenvalue weighted by Gasteiger charge is 2.13. The summed E-state index contributed by atoms with van der Waals surface area (Å²) < 4.78 is 7.32. The van der Waals surface area contributed by atoms with Gasteiger partial charge in [-0.05, 0) is 36.8 Å². The highest BCUT2D eigenvalue weighted by molar-refractivity contribution is 6.32. The Morgan fingerprint density at radius 1 is 1.19 bits per heavy atom. The Balaban J connectivity index is 2.28. The van der Waals surface area contributed by atoms with Crippen LogP contribution in [0.3, 0.4) is 0 Å². The molecule has 0 amide bonds. The third kappa shape index (κ3) is 2.47. The van der Waals surface area contributed by atoms with Crippen LogP contribution in [-0.4, -0.2) is 16.7 Å². The van der Waals surface area contributed by atoms with Gasteiger partial charge in [0, 0.05) is 6.07 Å². The van der Waals surface area contributed by atoms with Crippen molar-refractivity contribution in [1.82, 2.24) is 9.55 Å². The largest absolute Gasteiger partial charge is 0.495 e. The number of imidazole rings is 1. The molecule has 0 fully saturated rings. The number of rotatable bonds is 3. The quantitative estimate of drug-likeness (QED) is 0.652. The molecule has 0 saturated carbocycles. The number of hydrogen-bond acceptors (Lipinski definition) is 2. The molecule has 3 nitrogen and oxygen atoms in total. The summed E-state index contributed by atoms with van der Waals surface area (Å²) >= 11 is 12.2. The van der Waals surface area contributed by atoms with Crippen molar-refractivity contribution in [1.29, 1.82) is 0 Å². The summed E-state index contributed by atoms with van der Waals surface area (Å²) in [6.07, 6.45) is 0. The number of benzene rings is 2. The van der Waals surface area contributed by atoms with Gasteiger partial charge in [0.25, 0.3) is 0 Å². The Labute approximate surface area is 133 Å². The number of fused-ring (bicyclic) bond motifs is 1. The zero-order valence-corrected chi connectivity index (χ0v) is 13.2. The topological polar surface area (TPSA) is 27.1 Å². The number of halogens is 2. The van der Waals surface area contributed by atoms with Crippen LogP contribution in [0.4, 0.5) is 0 Å². The van der Waals surface area contributed by atoms with Gasteiger partial charge in [-0.1, -0.05) is 17.7 Å². The molecule has 5 heteroatoms. The van der Waals surface area contributed by atoms with E-state index in [-0.39, 0.29) is 0 Å². The first-order valence-corrected chi connectivity index (χ1v) is 7.43. The van der Waals surface area contributed by atoms with E-state index in [1.807, 2.05) is 29.7 Å². The molecule has 0 radical (unpaired) electrons. The van der Waals surface area contributed by atoms with Crippen LogP contribution in [0.2, 0.25) is 5.02 Å². The monoisotopic (exact) mass is 320 g/mol. The fraction of sp³-hybridized carbons (Fsp3) is 0.188.